The fourth-order valence-corrected chi connectivity index (χ4v) is 5.50. The number of pyridine rings is 1. The highest BCUT2D eigenvalue weighted by atomic mass is 19.4. The highest BCUT2D eigenvalue weighted by Gasteiger charge is 2.30. The van der Waals surface area contributed by atoms with Gasteiger partial charge in [0.05, 0.1) is 17.2 Å². The number of benzene rings is 3. The lowest BCUT2D eigenvalue weighted by molar-refractivity contribution is -0.137. The number of carbonyl (C=O) groups excluding carboxylic acids is 1. The SMILES string of the molecule is CN(c1ccncc1)c1ccc(CN(C(=O)C=Cc2ccc(C(F)(F)F)cc2)C2CCN(Cc3ccc(C#N)cc3)CC2)cc1. The molecule has 1 aliphatic heterocycles. The summed E-state index contributed by atoms with van der Waals surface area (Å²) < 4.78 is 39.0. The molecule has 45 heavy (non-hydrogen) atoms. The maximum Gasteiger partial charge on any atom is 0.416 e. The molecule has 0 bridgehead atoms. The fraction of sp³-hybridized carbons (Fsp3) is 0.250. The molecule has 2 heterocycles. The summed E-state index contributed by atoms with van der Waals surface area (Å²) >= 11 is 0. The number of alkyl halides is 3. The van der Waals surface area contributed by atoms with Gasteiger partial charge >= 0.3 is 6.18 Å². The van der Waals surface area contributed by atoms with Gasteiger partial charge in [-0.05, 0) is 84.1 Å². The molecule has 0 aliphatic carbocycles. The van der Waals surface area contributed by atoms with Crippen molar-refractivity contribution in [3.8, 4) is 6.07 Å². The Bertz CT molecular complexity index is 1620. The van der Waals surface area contributed by atoms with Crippen molar-refractivity contribution in [3.05, 3.63) is 131 Å². The molecule has 0 atom stereocenters. The second-order valence-electron chi connectivity index (χ2n) is 11.2. The van der Waals surface area contributed by atoms with Crippen molar-refractivity contribution in [2.75, 3.05) is 25.0 Å². The summed E-state index contributed by atoms with van der Waals surface area (Å²) in [7, 11) is 1.98. The van der Waals surface area contributed by atoms with Gasteiger partial charge in [0.2, 0.25) is 5.91 Å². The monoisotopic (exact) mass is 609 g/mol. The minimum absolute atomic E-state index is 0.00568. The molecule has 1 amide bonds. The number of halogens is 3. The van der Waals surface area contributed by atoms with Crippen LogP contribution in [-0.4, -0.2) is 46.9 Å². The number of hydrogen-bond acceptors (Lipinski definition) is 5. The van der Waals surface area contributed by atoms with Crippen molar-refractivity contribution in [3.63, 3.8) is 0 Å². The number of aromatic nitrogens is 1. The van der Waals surface area contributed by atoms with E-state index in [-0.39, 0.29) is 11.9 Å². The van der Waals surface area contributed by atoms with Crippen LogP contribution in [0.2, 0.25) is 0 Å². The third-order valence-electron chi connectivity index (χ3n) is 8.15. The molecule has 0 saturated carbocycles. The molecule has 9 heteroatoms. The van der Waals surface area contributed by atoms with Crippen LogP contribution in [0.1, 0.15) is 40.7 Å². The zero-order chi connectivity index (χ0) is 31.8. The molecule has 1 fully saturated rings. The highest BCUT2D eigenvalue weighted by molar-refractivity contribution is 5.92. The number of nitrogens with zero attached hydrogens (tertiary/aromatic N) is 5. The molecule has 1 saturated heterocycles. The number of nitriles is 1. The summed E-state index contributed by atoms with van der Waals surface area (Å²) in [6.07, 6.45) is 3.69. The minimum Gasteiger partial charge on any atom is -0.345 e. The molecule has 0 N–H and O–H groups in total. The highest BCUT2D eigenvalue weighted by Crippen LogP contribution is 2.29. The van der Waals surface area contributed by atoms with E-state index in [4.69, 9.17) is 5.26 Å². The van der Waals surface area contributed by atoms with Crippen molar-refractivity contribution >= 4 is 23.4 Å². The van der Waals surface area contributed by atoms with Gasteiger partial charge in [-0.2, -0.15) is 18.4 Å². The van der Waals surface area contributed by atoms with E-state index in [0.29, 0.717) is 17.7 Å². The molecular weight excluding hydrogens is 575 g/mol. The Morgan fingerprint density at radius 2 is 1.51 bits per heavy atom. The smallest absolute Gasteiger partial charge is 0.345 e. The van der Waals surface area contributed by atoms with Crippen LogP contribution in [0.5, 0.6) is 0 Å². The van der Waals surface area contributed by atoms with Gasteiger partial charge in [-0.1, -0.05) is 36.4 Å². The van der Waals surface area contributed by atoms with Crippen LogP contribution in [0.25, 0.3) is 6.08 Å². The van der Waals surface area contributed by atoms with E-state index in [0.717, 1.165) is 67.1 Å². The molecular formula is C36H34F3N5O. The van der Waals surface area contributed by atoms with E-state index >= 15 is 0 Å². The molecule has 0 unspecified atom stereocenters. The minimum atomic E-state index is -4.41. The Labute approximate surface area is 261 Å². The number of hydrogen-bond donors (Lipinski definition) is 0. The lowest BCUT2D eigenvalue weighted by Gasteiger charge is -2.38. The largest absolute Gasteiger partial charge is 0.416 e. The van der Waals surface area contributed by atoms with Gasteiger partial charge in [-0.3, -0.25) is 14.7 Å². The summed E-state index contributed by atoms with van der Waals surface area (Å²) in [5, 5.41) is 9.07. The van der Waals surface area contributed by atoms with Crippen molar-refractivity contribution in [2.45, 2.75) is 38.1 Å². The second kappa shape index (κ2) is 14.2. The number of rotatable bonds is 9. The van der Waals surface area contributed by atoms with Crippen LogP contribution in [0.4, 0.5) is 24.5 Å². The molecule has 6 nitrogen and oxygen atoms in total. The standard InChI is InChI=1S/C36H34F3N5O/c1-42(33-16-20-41-21-17-33)32-13-8-30(9-14-32)26-44(35(45)15-10-27-6-11-31(12-7-27)36(37,38)39)34-18-22-43(23-19-34)25-29-4-2-28(24-40)3-5-29/h2-17,20-21,34H,18-19,22-23,25-26H2,1H3. The fourth-order valence-electron chi connectivity index (χ4n) is 5.50. The summed E-state index contributed by atoms with van der Waals surface area (Å²) in [5.74, 6) is -0.182. The van der Waals surface area contributed by atoms with Crippen LogP contribution in [0.3, 0.4) is 0 Å². The lowest BCUT2D eigenvalue weighted by atomic mass is 10.0. The first-order valence-electron chi connectivity index (χ1n) is 14.8. The van der Waals surface area contributed by atoms with E-state index in [1.807, 2.05) is 72.6 Å². The van der Waals surface area contributed by atoms with Crippen LogP contribution in [0, 0.1) is 11.3 Å². The maximum atomic E-state index is 13.6. The van der Waals surface area contributed by atoms with Crippen LogP contribution >= 0.6 is 0 Å². The molecule has 230 valence electrons. The number of amides is 1. The number of piperidine rings is 1. The van der Waals surface area contributed by atoms with Gasteiger partial charge in [-0.25, -0.2) is 0 Å². The van der Waals surface area contributed by atoms with E-state index in [9.17, 15) is 18.0 Å². The molecule has 1 aliphatic rings. The van der Waals surface area contributed by atoms with Crippen molar-refractivity contribution in [1.29, 1.82) is 5.26 Å². The van der Waals surface area contributed by atoms with Crippen LogP contribution in [-0.2, 0) is 24.1 Å². The van der Waals surface area contributed by atoms with E-state index < -0.39 is 11.7 Å². The van der Waals surface area contributed by atoms with E-state index in [1.165, 1.54) is 18.2 Å². The Hall–Kier alpha value is -4.94. The quantitative estimate of drug-likeness (QED) is 0.185. The molecule has 0 radical (unpaired) electrons. The summed E-state index contributed by atoms with van der Waals surface area (Å²) in [6, 6.07) is 26.5. The Morgan fingerprint density at radius 3 is 2.11 bits per heavy atom. The Kier molecular flexibility index (Phi) is 9.95. The summed E-state index contributed by atoms with van der Waals surface area (Å²) in [5.41, 5.74) is 4.56. The molecule has 4 aromatic rings. The zero-order valence-corrected chi connectivity index (χ0v) is 25.0. The first kappa shape index (κ1) is 31.5. The first-order chi connectivity index (χ1) is 21.7. The predicted octanol–water partition coefficient (Wildman–Crippen LogP) is 7.45. The van der Waals surface area contributed by atoms with Gasteiger partial charge in [-0.15, -0.1) is 0 Å². The van der Waals surface area contributed by atoms with E-state index in [2.05, 4.69) is 20.9 Å². The molecule has 3 aromatic carbocycles. The summed E-state index contributed by atoms with van der Waals surface area (Å²) in [4.78, 5) is 24.0. The first-order valence-corrected chi connectivity index (χ1v) is 14.8. The van der Waals surface area contributed by atoms with E-state index in [1.54, 1.807) is 18.5 Å². The maximum absolute atomic E-state index is 13.6. The molecule has 0 spiro atoms. The van der Waals surface area contributed by atoms with Gasteiger partial charge in [0, 0.05) is 69.1 Å². The third-order valence-corrected chi connectivity index (χ3v) is 8.15. The number of carbonyl (C=O) groups is 1. The number of likely N-dealkylation sites (tertiary alicyclic amines) is 1. The van der Waals surface area contributed by atoms with Crippen LogP contribution in [0.15, 0.2) is 103 Å². The van der Waals surface area contributed by atoms with Crippen molar-refractivity contribution in [2.24, 2.45) is 0 Å². The zero-order valence-electron chi connectivity index (χ0n) is 25.0. The van der Waals surface area contributed by atoms with Gasteiger partial charge < -0.3 is 9.80 Å². The Balaban J connectivity index is 1.29. The summed E-state index contributed by atoms with van der Waals surface area (Å²) in [6.45, 7) is 2.81. The Morgan fingerprint density at radius 1 is 0.911 bits per heavy atom. The topological polar surface area (TPSA) is 63.5 Å². The van der Waals surface area contributed by atoms with Gasteiger partial charge in [0.1, 0.15) is 0 Å². The predicted molar refractivity (Wildman–Crippen MR) is 169 cm³/mol. The molecule has 5 rings (SSSR count). The average Bonchev–Trinajstić information content (AvgIpc) is 3.07. The number of anilines is 2. The lowest BCUT2D eigenvalue weighted by Crippen LogP contribution is -2.46. The van der Waals surface area contributed by atoms with Crippen LogP contribution < -0.4 is 4.90 Å². The van der Waals surface area contributed by atoms with Crippen molar-refractivity contribution in [1.82, 2.24) is 14.8 Å². The van der Waals surface area contributed by atoms with Crippen molar-refractivity contribution < 1.29 is 18.0 Å². The van der Waals surface area contributed by atoms with Gasteiger partial charge in [0.25, 0.3) is 0 Å². The second-order valence-corrected chi connectivity index (χ2v) is 11.2. The normalized spacial score (nSPS) is 14.3. The average molecular weight is 610 g/mol. The van der Waals surface area contributed by atoms with Gasteiger partial charge in [0.15, 0.2) is 0 Å². The molecule has 1 aromatic heterocycles. The third kappa shape index (κ3) is 8.37.